The number of carbonyl (C=O) groups excluding carboxylic acids is 2. The van der Waals surface area contributed by atoms with Gasteiger partial charge in [0.2, 0.25) is 0 Å². The third-order valence-electron chi connectivity index (χ3n) is 6.97. The van der Waals surface area contributed by atoms with E-state index in [9.17, 15) is 14.7 Å². The van der Waals surface area contributed by atoms with Gasteiger partial charge in [-0.1, -0.05) is 42.5 Å². The SMILES string of the molecule is O=C(c1ccc2cccc(O)c2n1)N1CCC(N2C(=O)O[C@H]3Cc4ccccc4[C@H]32)CC1. The fourth-order valence-corrected chi connectivity index (χ4v) is 5.41. The highest BCUT2D eigenvalue weighted by Gasteiger charge is 2.50. The van der Waals surface area contributed by atoms with Crippen molar-refractivity contribution in [3.05, 3.63) is 71.4 Å². The normalized spacial score (nSPS) is 22.7. The molecular formula is C25H23N3O4. The number of fused-ring (bicyclic) bond motifs is 4. The van der Waals surface area contributed by atoms with Crippen molar-refractivity contribution in [2.24, 2.45) is 0 Å². The number of benzene rings is 2. The highest BCUT2D eigenvalue weighted by atomic mass is 16.6. The summed E-state index contributed by atoms with van der Waals surface area (Å²) in [5, 5.41) is 10.9. The summed E-state index contributed by atoms with van der Waals surface area (Å²) in [6, 6.07) is 16.9. The number of hydrogen-bond acceptors (Lipinski definition) is 5. The van der Waals surface area contributed by atoms with E-state index in [1.54, 1.807) is 29.2 Å². The van der Waals surface area contributed by atoms with Crippen LogP contribution in [0, 0.1) is 0 Å². The Morgan fingerprint density at radius 1 is 1.03 bits per heavy atom. The molecule has 0 unspecified atom stereocenters. The summed E-state index contributed by atoms with van der Waals surface area (Å²) in [4.78, 5) is 33.8. The van der Waals surface area contributed by atoms with E-state index in [-0.39, 0.29) is 35.9 Å². The molecule has 1 N–H and O–H groups in total. The number of aromatic hydroxyl groups is 1. The van der Waals surface area contributed by atoms with Crippen molar-refractivity contribution >= 4 is 22.9 Å². The lowest BCUT2D eigenvalue weighted by Gasteiger charge is -2.37. The minimum absolute atomic E-state index is 0.0314. The summed E-state index contributed by atoms with van der Waals surface area (Å²) in [6.07, 6.45) is 1.80. The van der Waals surface area contributed by atoms with E-state index in [2.05, 4.69) is 17.1 Å². The van der Waals surface area contributed by atoms with Gasteiger partial charge >= 0.3 is 6.09 Å². The van der Waals surface area contributed by atoms with E-state index in [1.807, 2.05) is 23.1 Å². The van der Waals surface area contributed by atoms with Crippen LogP contribution < -0.4 is 0 Å². The van der Waals surface area contributed by atoms with Gasteiger partial charge in [-0.2, -0.15) is 0 Å². The van der Waals surface area contributed by atoms with E-state index in [1.165, 1.54) is 11.1 Å². The standard InChI is InChI=1S/C25H23N3O4/c29-20-7-3-5-15-8-9-19(26-22(15)20)24(30)27-12-10-17(11-13-27)28-23-18-6-2-1-4-16(18)14-21(23)32-25(28)31/h1-9,17,21,23,29H,10-14H2/t21-,23+/m0/s1. The number of para-hydroxylation sites is 1. The Balaban J connectivity index is 1.18. The Morgan fingerprint density at radius 3 is 2.69 bits per heavy atom. The number of phenolic OH excluding ortho intramolecular Hbond substituents is 1. The summed E-state index contributed by atoms with van der Waals surface area (Å²) in [5.74, 6) is -0.0866. The molecule has 32 heavy (non-hydrogen) atoms. The first kappa shape index (κ1) is 19.1. The van der Waals surface area contributed by atoms with Crippen LogP contribution in [0.4, 0.5) is 4.79 Å². The van der Waals surface area contributed by atoms with Crippen molar-refractivity contribution in [3.8, 4) is 5.75 Å². The number of likely N-dealkylation sites (tertiary alicyclic amines) is 1. The van der Waals surface area contributed by atoms with Gasteiger partial charge in [0.15, 0.2) is 0 Å². The number of nitrogens with zero attached hydrogens (tertiary/aromatic N) is 3. The Kier molecular flexibility index (Phi) is 4.31. The van der Waals surface area contributed by atoms with Crippen molar-refractivity contribution in [1.29, 1.82) is 0 Å². The molecule has 2 amide bonds. The topological polar surface area (TPSA) is 83.0 Å². The lowest BCUT2D eigenvalue weighted by molar-refractivity contribution is 0.0631. The Labute approximate surface area is 185 Å². The number of carbonyl (C=O) groups is 2. The van der Waals surface area contributed by atoms with Crippen LogP contribution in [0.15, 0.2) is 54.6 Å². The maximum absolute atomic E-state index is 13.1. The Morgan fingerprint density at radius 2 is 1.84 bits per heavy atom. The van der Waals surface area contributed by atoms with E-state index >= 15 is 0 Å². The largest absolute Gasteiger partial charge is 0.506 e. The number of pyridine rings is 1. The third-order valence-corrected chi connectivity index (χ3v) is 6.97. The van der Waals surface area contributed by atoms with Gasteiger partial charge < -0.3 is 14.7 Å². The molecule has 6 rings (SSSR count). The van der Waals surface area contributed by atoms with Crippen LogP contribution in [0.25, 0.3) is 10.9 Å². The second-order valence-electron chi connectivity index (χ2n) is 8.75. The minimum Gasteiger partial charge on any atom is -0.506 e. The van der Waals surface area contributed by atoms with Crippen molar-refractivity contribution < 1.29 is 19.4 Å². The highest BCUT2D eigenvalue weighted by molar-refractivity contribution is 5.96. The monoisotopic (exact) mass is 429 g/mol. The first-order chi connectivity index (χ1) is 15.6. The summed E-state index contributed by atoms with van der Waals surface area (Å²) >= 11 is 0. The van der Waals surface area contributed by atoms with Crippen molar-refractivity contribution in [2.75, 3.05) is 13.1 Å². The zero-order chi connectivity index (χ0) is 21.8. The van der Waals surface area contributed by atoms with Crippen LogP contribution in [-0.2, 0) is 11.2 Å². The van der Waals surface area contributed by atoms with Gasteiger partial charge in [0, 0.05) is 30.9 Å². The van der Waals surface area contributed by atoms with Crippen molar-refractivity contribution in [1.82, 2.24) is 14.8 Å². The van der Waals surface area contributed by atoms with E-state index in [4.69, 9.17) is 4.74 Å². The first-order valence-electron chi connectivity index (χ1n) is 11.0. The quantitative estimate of drug-likeness (QED) is 0.672. The van der Waals surface area contributed by atoms with Crippen LogP contribution >= 0.6 is 0 Å². The van der Waals surface area contributed by atoms with Gasteiger partial charge in [-0.15, -0.1) is 0 Å². The van der Waals surface area contributed by atoms with Gasteiger partial charge in [0.05, 0.1) is 6.04 Å². The number of phenols is 1. The van der Waals surface area contributed by atoms with E-state index in [0.29, 0.717) is 37.1 Å². The molecular weight excluding hydrogens is 406 g/mol. The van der Waals surface area contributed by atoms with Crippen LogP contribution in [0.3, 0.4) is 0 Å². The maximum Gasteiger partial charge on any atom is 0.411 e. The first-order valence-corrected chi connectivity index (χ1v) is 11.0. The number of amides is 2. The molecule has 2 fully saturated rings. The minimum atomic E-state index is -0.244. The Bertz CT molecular complexity index is 1230. The third kappa shape index (κ3) is 2.92. The van der Waals surface area contributed by atoms with Gasteiger partial charge in [-0.25, -0.2) is 9.78 Å². The number of ether oxygens (including phenoxy) is 1. The average Bonchev–Trinajstić information content (AvgIpc) is 3.33. The number of piperidine rings is 1. The predicted octanol–water partition coefficient (Wildman–Crippen LogP) is 3.66. The average molecular weight is 429 g/mol. The number of aromatic nitrogens is 1. The summed E-state index contributed by atoms with van der Waals surface area (Å²) in [7, 11) is 0. The lowest BCUT2D eigenvalue weighted by Crippen LogP contribution is -2.48. The van der Waals surface area contributed by atoms with Crippen molar-refractivity contribution in [2.45, 2.75) is 37.5 Å². The number of rotatable bonds is 2. The summed E-state index contributed by atoms with van der Waals surface area (Å²) in [6.45, 7) is 1.10. The van der Waals surface area contributed by atoms with Crippen LogP contribution in [0.2, 0.25) is 0 Å². The molecule has 2 atom stereocenters. The summed E-state index contributed by atoms with van der Waals surface area (Å²) < 4.78 is 5.70. The molecule has 2 aromatic carbocycles. The molecule has 2 saturated heterocycles. The highest BCUT2D eigenvalue weighted by Crippen LogP contribution is 2.44. The zero-order valence-corrected chi connectivity index (χ0v) is 17.5. The van der Waals surface area contributed by atoms with Gasteiger partial charge in [0.1, 0.15) is 23.1 Å². The van der Waals surface area contributed by atoms with E-state index in [0.717, 1.165) is 11.8 Å². The van der Waals surface area contributed by atoms with E-state index < -0.39 is 0 Å². The molecule has 0 radical (unpaired) electrons. The molecule has 0 saturated carbocycles. The fourth-order valence-electron chi connectivity index (χ4n) is 5.41. The predicted molar refractivity (Wildman–Crippen MR) is 117 cm³/mol. The molecule has 3 aliphatic rings. The molecule has 2 aliphatic heterocycles. The second-order valence-corrected chi connectivity index (χ2v) is 8.75. The molecule has 1 aromatic heterocycles. The smallest absolute Gasteiger partial charge is 0.411 e. The molecule has 3 heterocycles. The second kappa shape index (κ2) is 7.22. The van der Waals surface area contributed by atoms with Crippen LogP contribution in [0.1, 0.15) is 40.5 Å². The Hall–Kier alpha value is -3.61. The van der Waals surface area contributed by atoms with Crippen molar-refractivity contribution in [3.63, 3.8) is 0 Å². The maximum atomic E-state index is 13.1. The summed E-state index contributed by atoms with van der Waals surface area (Å²) in [5.41, 5.74) is 3.18. The molecule has 0 bridgehead atoms. The van der Waals surface area contributed by atoms with Crippen LogP contribution in [-0.4, -0.2) is 57.1 Å². The lowest BCUT2D eigenvalue weighted by atomic mass is 9.99. The van der Waals surface area contributed by atoms with Gasteiger partial charge in [0.25, 0.3) is 5.91 Å². The van der Waals surface area contributed by atoms with Gasteiger partial charge in [-0.3, -0.25) is 9.69 Å². The fraction of sp³-hybridized carbons (Fsp3) is 0.320. The zero-order valence-electron chi connectivity index (χ0n) is 17.5. The molecule has 1 aliphatic carbocycles. The number of hydrogen-bond donors (Lipinski definition) is 1. The van der Waals surface area contributed by atoms with Gasteiger partial charge in [-0.05, 0) is 36.1 Å². The molecule has 3 aromatic rings. The molecule has 0 spiro atoms. The van der Waals surface area contributed by atoms with Crippen LogP contribution in [0.5, 0.6) is 5.75 Å². The molecule has 162 valence electrons. The molecule has 7 nitrogen and oxygen atoms in total. The molecule has 7 heteroatoms.